The van der Waals surface area contributed by atoms with Crippen LogP contribution in [0.2, 0.25) is 0 Å². The first-order chi connectivity index (χ1) is 21.5. The normalized spacial score (nSPS) is 16.9. The molecule has 0 fully saturated rings. The van der Waals surface area contributed by atoms with Crippen molar-refractivity contribution in [1.29, 1.82) is 0 Å². The Morgan fingerprint density at radius 1 is 0.977 bits per heavy atom. The first-order valence-corrected chi connectivity index (χ1v) is 16.5. The van der Waals surface area contributed by atoms with E-state index < -0.39 is 12.0 Å². The number of esters is 1. The molecule has 1 amide bonds. The Balaban J connectivity index is 1.51. The Bertz CT molecular complexity index is 2140. The number of carbonyl (C=O) groups excluding carboxylic acids is 2. The van der Waals surface area contributed by atoms with Gasteiger partial charge in [-0.15, -0.1) is 11.3 Å². The van der Waals surface area contributed by atoms with Crippen molar-refractivity contribution in [2.45, 2.75) is 19.5 Å². The molecule has 2 aromatic heterocycles. The third-order valence-electron chi connectivity index (χ3n) is 7.55. The van der Waals surface area contributed by atoms with Crippen molar-refractivity contribution < 1.29 is 14.3 Å². The van der Waals surface area contributed by atoms with E-state index in [0.717, 1.165) is 26.2 Å². The van der Waals surface area contributed by atoms with E-state index in [2.05, 4.69) is 15.9 Å². The zero-order valence-corrected chi connectivity index (χ0v) is 26.6. The first kappa shape index (κ1) is 28.4. The van der Waals surface area contributed by atoms with Crippen LogP contribution in [0.15, 0.2) is 116 Å². The Hall–Kier alpha value is -4.38. The molecule has 218 valence electrons. The van der Waals surface area contributed by atoms with Crippen LogP contribution < -0.4 is 19.8 Å². The van der Waals surface area contributed by atoms with Crippen molar-refractivity contribution in [2.75, 3.05) is 11.5 Å². The summed E-state index contributed by atoms with van der Waals surface area (Å²) in [5.74, 6) is -0.792. The number of halogens is 1. The van der Waals surface area contributed by atoms with Crippen molar-refractivity contribution in [3.63, 3.8) is 0 Å². The van der Waals surface area contributed by atoms with Gasteiger partial charge in [0.1, 0.15) is 10.6 Å². The fourth-order valence-electron chi connectivity index (χ4n) is 5.65. The number of benzene rings is 3. The number of thiophene rings is 1. The topological polar surface area (TPSA) is 81.0 Å². The van der Waals surface area contributed by atoms with E-state index in [9.17, 15) is 14.4 Å². The molecular weight excluding hydrogens is 658 g/mol. The van der Waals surface area contributed by atoms with Crippen molar-refractivity contribution in [3.05, 3.63) is 148 Å². The van der Waals surface area contributed by atoms with E-state index in [4.69, 9.17) is 9.73 Å². The maximum absolute atomic E-state index is 14.5. The molecule has 0 radical (unpaired) electrons. The second-order valence-corrected chi connectivity index (χ2v) is 13.1. The van der Waals surface area contributed by atoms with Crippen LogP contribution in [0.25, 0.3) is 11.3 Å². The largest absolute Gasteiger partial charge is 0.463 e. The molecule has 0 saturated heterocycles. The molecule has 0 N–H and O–H groups in total. The van der Waals surface area contributed by atoms with Crippen molar-refractivity contribution in [1.82, 2.24) is 4.57 Å². The van der Waals surface area contributed by atoms with E-state index in [0.29, 0.717) is 28.2 Å². The van der Waals surface area contributed by atoms with Gasteiger partial charge < -0.3 is 9.64 Å². The Labute approximate surface area is 268 Å². The Morgan fingerprint density at radius 2 is 1.73 bits per heavy atom. The minimum Gasteiger partial charge on any atom is -0.463 e. The minimum atomic E-state index is -0.770. The third-order valence-corrected chi connectivity index (χ3v) is 10.0. The maximum Gasteiger partial charge on any atom is 0.338 e. The molecule has 0 spiro atoms. The number of carbonyl (C=O) groups is 2. The van der Waals surface area contributed by atoms with E-state index >= 15 is 0 Å². The summed E-state index contributed by atoms with van der Waals surface area (Å²) in [5, 5.41) is 1.91. The lowest BCUT2D eigenvalue weighted by molar-refractivity contribution is -0.138. The van der Waals surface area contributed by atoms with Crippen LogP contribution in [-0.4, -0.2) is 23.1 Å². The number of ether oxygens (including phenoxy) is 1. The molecule has 44 heavy (non-hydrogen) atoms. The van der Waals surface area contributed by atoms with Crippen LogP contribution in [0.3, 0.4) is 0 Å². The standard InChI is InChI=1S/C34H24BrN3O4S2/c1-2-42-33(41)27-28(21-12-7-4-8-13-21)36-34-38(29(27)25-14-9-17-43-25)32(40)30(44-34)26-23-18-22(35)15-16-24(23)37(31(26)39)19-20-10-5-3-6-11-20/h3-18,29H,2,19H2,1H3/b30-26-/t29-/m0/s1. The smallest absolute Gasteiger partial charge is 0.338 e. The van der Waals surface area contributed by atoms with E-state index in [1.165, 1.54) is 22.7 Å². The summed E-state index contributed by atoms with van der Waals surface area (Å²) in [6.45, 7) is 2.28. The zero-order chi connectivity index (χ0) is 30.4. The van der Waals surface area contributed by atoms with Gasteiger partial charge in [0.25, 0.3) is 11.5 Å². The molecule has 0 unspecified atom stereocenters. The van der Waals surface area contributed by atoms with Gasteiger partial charge in [-0.1, -0.05) is 94.0 Å². The van der Waals surface area contributed by atoms with Crippen molar-refractivity contribution in [3.8, 4) is 0 Å². The number of hydrogen-bond acceptors (Lipinski definition) is 7. The number of fused-ring (bicyclic) bond motifs is 2. The summed E-state index contributed by atoms with van der Waals surface area (Å²) < 4.78 is 8.15. The van der Waals surface area contributed by atoms with Gasteiger partial charge >= 0.3 is 5.97 Å². The fourth-order valence-corrected chi connectivity index (χ4v) is 7.93. The molecule has 7 nitrogen and oxygen atoms in total. The predicted molar refractivity (Wildman–Crippen MR) is 176 cm³/mol. The fraction of sp³-hybridized carbons (Fsp3) is 0.118. The van der Waals surface area contributed by atoms with Crippen LogP contribution in [0.5, 0.6) is 0 Å². The maximum atomic E-state index is 14.5. The van der Waals surface area contributed by atoms with Crippen molar-refractivity contribution >= 4 is 67.4 Å². The van der Waals surface area contributed by atoms with Gasteiger partial charge in [0.15, 0.2) is 4.80 Å². The molecule has 1 atom stereocenters. The van der Waals surface area contributed by atoms with Crippen LogP contribution in [0.4, 0.5) is 5.69 Å². The quantitative estimate of drug-likeness (QED) is 0.216. The first-order valence-electron chi connectivity index (χ1n) is 14.0. The lowest BCUT2D eigenvalue weighted by atomic mass is 9.97. The number of aromatic nitrogens is 1. The number of thiazole rings is 1. The second-order valence-electron chi connectivity index (χ2n) is 10.2. The van der Waals surface area contributed by atoms with Gasteiger partial charge in [-0.05, 0) is 42.1 Å². The van der Waals surface area contributed by atoms with Crippen LogP contribution >= 0.6 is 38.6 Å². The molecule has 0 saturated carbocycles. The van der Waals surface area contributed by atoms with Gasteiger partial charge in [-0.2, -0.15) is 0 Å². The molecule has 2 aliphatic rings. The summed E-state index contributed by atoms with van der Waals surface area (Å²) in [5.41, 5.74) is 3.80. The molecule has 5 aromatic rings. The highest BCUT2D eigenvalue weighted by Crippen LogP contribution is 2.39. The van der Waals surface area contributed by atoms with E-state index in [-0.39, 0.29) is 28.2 Å². The van der Waals surface area contributed by atoms with Crippen LogP contribution in [0, 0.1) is 0 Å². The van der Waals surface area contributed by atoms with Gasteiger partial charge in [0, 0.05) is 20.5 Å². The number of hydrogen-bond donors (Lipinski definition) is 0. The number of anilines is 1. The average Bonchev–Trinajstić information content (AvgIpc) is 3.75. The SMILES string of the molecule is CCOC(=O)C1=C(c2ccccc2)N=c2s/c(=C3\C(=O)N(Cc4ccccc4)c4ccc(Br)cc43)c(=O)n2[C@H]1c1cccs1. The summed E-state index contributed by atoms with van der Waals surface area (Å²) >= 11 is 6.17. The highest BCUT2D eigenvalue weighted by molar-refractivity contribution is 9.10. The lowest BCUT2D eigenvalue weighted by Crippen LogP contribution is -2.40. The molecule has 3 aromatic carbocycles. The van der Waals surface area contributed by atoms with Crippen LogP contribution in [0.1, 0.15) is 34.5 Å². The van der Waals surface area contributed by atoms with Gasteiger partial charge in [0.2, 0.25) is 0 Å². The molecule has 0 aliphatic carbocycles. The molecular formula is C34H24BrN3O4S2. The Morgan fingerprint density at radius 3 is 2.43 bits per heavy atom. The lowest BCUT2D eigenvalue weighted by Gasteiger charge is -2.24. The number of nitrogens with zero attached hydrogens (tertiary/aromatic N) is 3. The summed E-state index contributed by atoms with van der Waals surface area (Å²) in [7, 11) is 0. The average molecular weight is 683 g/mol. The summed E-state index contributed by atoms with van der Waals surface area (Å²) in [6.07, 6.45) is 0. The highest BCUT2D eigenvalue weighted by atomic mass is 79.9. The zero-order valence-electron chi connectivity index (χ0n) is 23.4. The molecule has 7 rings (SSSR count). The highest BCUT2D eigenvalue weighted by Gasteiger charge is 2.38. The second kappa shape index (κ2) is 11.6. The minimum absolute atomic E-state index is 0.174. The van der Waals surface area contributed by atoms with Crippen molar-refractivity contribution in [2.24, 2.45) is 4.99 Å². The summed E-state index contributed by atoms with van der Waals surface area (Å²) in [4.78, 5) is 50.2. The summed E-state index contributed by atoms with van der Waals surface area (Å²) in [6, 6.07) is 27.9. The van der Waals surface area contributed by atoms with E-state index in [1.807, 2.05) is 96.4 Å². The van der Waals surface area contributed by atoms with Gasteiger partial charge in [-0.3, -0.25) is 14.2 Å². The Kier molecular flexibility index (Phi) is 7.49. The van der Waals surface area contributed by atoms with Gasteiger partial charge in [0.05, 0.1) is 35.7 Å². The van der Waals surface area contributed by atoms with Crippen LogP contribution in [-0.2, 0) is 20.9 Å². The van der Waals surface area contributed by atoms with Gasteiger partial charge in [-0.25, -0.2) is 9.79 Å². The van der Waals surface area contributed by atoms with E-state index in [1.54, 1.807) is 16.4 Å². The molecule has 4 heterocycles. The molecule has 0 bridgehead atoms. The number of rotatable bonds is 6. The predicted octanol–water partition coefficient (Wildman–Crippen LogP) is 5.68. The molecule has 2 aliphatic heterocycles. The third kappa shape index (κ3) is 4.79. The number of amides is 1. The molecule has 10 heteroatoms. The monoisotopic (exact) mass is 681 g/mol.